The molecule has 0 bridgehead atoms. The van der Waals surface area contributed by atoms with Gasteiger partial charge in [0, 0.05) is 32.5 Å². The van der Waals surface area contributed by atoms with E-state index in [1.54, 1.807) is 25.2 Å². The molecule has 0 unspecified atom stereocenters. The van der Waals surface area contributed by atoms with E-state index >= 15 is 0 Å². The number of carbonyl (C=O) groups excluding carboxylic acids is 2. The third-order valence-electron chi connectivity index (χ3n) is 4.63. The molecule has 0 aromatic heterocycles. The normalized spacial score (nSPS) is 18.9. The predicted octanol–water partition coefficient (Wildman–Crippen LogP) is 1.16. The third-order valence-corrected chi connectivity index (χ3v) is 4.63. The van der Waals surface area contributed by atoms with E-state index in [4.69, 9.17) is 15.2 Å². The van der Waals surface area contributed by atoms with Crippen LogP contribution in [0, 0.1) is 5.41 Å². The number of nitrogens with one attached hydrogen (secondary N) is 1. The summed E-state index contributed by atoms with van der Waals surface area (Å²) < 4.78 is 10.7. The molecule has 3 rings (SSSR count). The van der Waals surface area contributed by atoms with Gasteiger partial charge in [-0.05, 0) is 31.0 Å². The van der Waals surface area contributed by atoms with Gasteiger partial charge in [-0.3, -0.25) is 9.59 Å². The SMILES string of the molecule is CN1C(=O)COc2ccc(NC(=O)C3(CN)CCOCC3)cc21.Cl. The Morgan fingerprint density at radius 2 is 2.08 bits per heavy atom. The van der Waals surface area contributed by atoms with Crippen molar-refractivity contribution in [1.82, 2.24) is 0 Å². The number of hydrogen-bond donors (Lipinski definition) is 2. The Hall–Kier alpha value is -1.83. The third kappa shape index (κ3) is 3.33. The number of nitrogens with zero attached hydrogens (tertiary/aromatic N) is 1. The number of halogens is 1. The van der Waals surface area contributed by atoms with Crippen LogP contribution in [0.25, 0.3) is 0 Å². The largest absolute Gasteiger partial charge is 0.482 e. The van der Waals surface area contributed by atoms with Gasteiger partial charge in [0.1, 0.15) is 5.75 Å². The van der Waals surface area contributed by atoms with Crippen molar-refractivity contribution in [3.63, 3.8) is 0 Å². The molecule has 132 valence electrons. The standard InChI is InChI=1S/C16H21N3O4.ClH/c1-19-12-8-11(2-3-13(12)23-9-14(19)20)18-15(21)16(10-17)4-6-22-7-5-16;/h2-3,8H,4-7,9-10,17H2,1H3,(H,18,21);1H. The summed E-state index contributed by atoms with van der Waals surface area (Å²) in [5.74, 6) is 0.405. The molecule has 2 aliphatic rings. The van der Waals surface area contributed by atoms with Crippen molar-refractivity contribution in [3.8, 4) is 5.75 Å². The highest BCUT2D eigenvalue weighted by molar-refractivity contribution is 6.00. The van der Waals surface area contributed by atoms with Crippen LogP contribution < -0.4 is 20.7 Å². The molecule has 7 nitrogen and oxygen atoms in total. The van der Waals surface area contributed by atoms with Gasteiger partial charge in [0.05, 0.1) is 11.1 Å². The molecule has 2 heterocycles. The molecule has 24 heavy (non-hydrogen) atoms. The van der Waals surface area contributed by atoms with Crippen LogP contribution in [0.15, 0.2) is 18.2 Å². The van der Waals surface area contributed by atoms with Gasteiger partial charge >= 0.3 is 0 Å². The summed E-state index contributed by atoms with van der Waals surface area (Å²) in [7, 11) is 1.69. The van der Waals surface area contributed by atoms with Gasteiger partial charge in [-0.2, -0.15) is 0 Å². The lowest BCUT2D eigenvalue weighted by molar-refractivity contribution is -0.130. The molecule has 0 atom stereocenters. The highest BCUT2D eigenvalue weighted by atomic mass is 35.5. The van der Waals surface area contributed by atoms with Crippen molar-refractivity contribution in [2.45, 2.75) is 12.8 Å². The fraction of sp³-hybridized carbons (Fsp3) is 0.500. The first-order chi connectivity index (χ1) is 11.1. The molecular weight excluding hydrogens is 334 g/mol. The molecule has 8 heteroatoms. The lowest BCUT2D eigenvalue weighted by Gasteiger charge is -2.34. The molecule has 0 aliphatic carbocycles. The smallest absolute Gasteiger partial charge is 0.264 e. The zero-order valence-corrected chi connectivity index (χ0v) is 14.4. The molecule has 2 amide bonds. The highest BCUT2D eigenvalue weighted by Crippen LogP contribution is 2.35. The number of benzene rings is 1. The average Bonchev–Trinajstić information content (AvgIpc) is 2.59. The molecule has 1 aromatic rings. The minimum Gasteiger partial charge on any atom is -0.482 e. The topological polar surface area (TPSA) is 93.9 Å². The number of nitrogens with two attached hydrogens (primary N) is 1. The average molecular weight is 356 g/mol. The van der Waals surface area contributed by atoms with Gasteiger partial charge in [0.25, 0.3) is 5.91 Å². The minimum atomic E-state index is -0.591. The second-order valence-electron chi connectivity index (χ2n) is 5.97. The Morgan fingerprint density at radius 1 is 1.38 bits per heavy atom. The lowest BCUT2D eigenvalue weighted by atomic mass is 9.79. The van der Waals surface area contributed by atoms with E-state index in [2.05, 4.69) is 5.32 Å². The Bertz CT molecular complexity index is 632. The number of likely N-dealkylation sites (N-methyl/N-ethyl adjacent to an activating group) is 1. The number of fused-ring (bicyclic) bond motifs is 1. The monoisotopic (exact) mass is 355 g/mol. The van der Waals surface area contributed by atoms with Gasteiger partial charge in [0.15, 0.2) is 6.61 Å². The van der Waals surface area contributed by atoms with Crippen molar-refractivity contribution >= 4 is 35.6 Å². The fourth-order valence-corrected chi connectivity index (χ4v) is 2.90. The van der Waals surface area contributed by atoms with E-state index < -0.39 is 5.41 Å². The lowest BCUT2D eigenvalue weighted by Crippen LogP contribution is -2.46. The molecule has 1 saturated heterocycles. The Balaban J connectivity index is 0.00000208. The van der Waals surface area contributed by atoms with Crippen LogP contribution in [0.1, 0.15) is 12.8 Å². The van der Waals surface area contributed by atoms with Crippen LogP contribution in [-0.2, 0) is 14.3 Å². The van der Waals surface area contributed by atoms with Gasteiger partial charge in [-0.15, -0.1) is 12.4 Å². The van der Waals surface area contributed by atoms with Crippen molar-refractivity contribution in [2.75, 3.05) is 43.6 Å². The van der Waals surface area contributed by atoms with E-state index in [9.17, 15) is 9.59 Å². The number of anilines is 2. The maximum atomic E-state index is 12.7. The van der Waals surface area contributed by atoms with Gasteiger partial charge in [0.2, 0.25) is 5.91 Å². The molecule has 0 radical (unpaired) electrons. The summed E-state index contributed by atoms with van der Waals surface area (Å²) in [6.07, 6.45) is 1.23. The van der Waals surface area contributed by atoms with Gasteiger partial charge in [-0.25, -0.2) is 0 Å². The first-order valence-electron chi connectivity index (χ1n) is 7.68. The molecule has 1 fully saturated rings. The molecule has 0 saturated carbocycles. The van der Waals surface area contributed by atoms with E-state index in [0.29, 0.717) is 43.2 Å². The van der Waals surface area contributed by atoms with Crippen molar-refractivity contribution in [2.24, 2.45) is 11.1 Å². The van der Waals surface area contributed by atoms with E-state index in [1.165, 1.54) is 4.90 Å². The number of amides is 2. The Morgan fingerprint density at radius 3 is 2.75 bits per heavy atom. The quantitative estimate of drug-likeness (QED) is 0.848. The first-order valence-corrected chi connectivity index (χ1v) is 7.68. The Labute approximate surface area is 146 Å². The summed E-state index contributed by atoms with van der Waals surface area (Å²) in [5, 5.41) is 2.92. The van der Waals surface area contributed by atoms with Gasteiger partial charge < -0.3 is 25.4 Å². The highest BCUT2D eigenvalue weighted by Gasteiger charge is 2.39. The number of rotatable bonds is 3. The second kappa shape index (κ2) is 7.38. The Kier molecular flexibility index (Phi) is 5.69. The van der Waals surface area contributed by atoms with E-state index in [-0.39, 0.29) is 37.4 Å². The molecule has 2 aliphatic heterocycles. The van der Waals surface area contributed by atoms with E-state index in [1.807, 2.05) is 0 Å². The zero-order valence-electron chi connectivity index (χ0n) is 13.5. The zero-order chi connectivity index (χ0) is 16.4. The van der Waals surface area contributed by atoms with Crippen LogP contribution in [0.5, 0.6) is 5.75 Å². The van der Waals surface area contributed by atoms with E-state index in [0.717, 1.165) is 0 Å². The van der Waals surface area contributed by atoms with Crippen LogP contribution in [0.4, 0.5) is 11.4 Å². The summed E-state index contributed by atoms with van der Waals surface area (Å²) in [6, 6.07) is 5.27. The molecule has 3 N–H and O–H groups in total. The van der Waals surface area contributed by atoms with Crippen molar-refractivity contribution < 1.29 is 19.1 Å². The summed E-state index contributed by atoms with van der Waals surface area (Å²) in [5.41, 5.74) is 6.53. The van der Waals surface area contributed by atoms with Gasteiger partial charge in [-0.1, -0.05) is 0 Å². The van der Waals surface area contributed by atoms with Crippen molar-refractivity contribution in [3.05, 3.63) is 18.2 Å². The molecular formula is C16H22ClN3O4. The first kappa shape index (κ1) is 18.5. The minimum absolute atomic E-state index is 0. The number of carbonyl (C=O) groups is 2. The second-order valence-corrected chi connectivity index (χ2v) is 5.97. The molecule has 1 aromatic carbocycles. The maximum absolute atomic E-state index is 12.7. The van der Waals surface area contributed by atoms with Crippen LogP contribution in [0.2, 0.25) is 0 Å². The van der Waals surface area contributed by atoms with Crippen LogP contribution in [-0.4, -0.2) is 45.2 Å². The summed E-state index contributed by atoms with van der Waals surface area (Å²) in [4.78, 5) is 25.9. The van der Waals surface area contributed by atoms with Crippen LogP contribution >= 0.6 is 12.4 Å². The predicted molar refractivity (Wildman–Crippen MR) is 92.8 cm³/mol. The summed E-state index contributed by atoms with van der Waals surface area (Å²) >= 11 is 0. The fourth-order valence-electron chi connectivity index (χ4n) is 2.90. The van der Waals surface area contributed by atoms with Crippen molar-refractivity contribution in [1.29, 1.82) is 0 Å². The number of ether oxygens (including phenoxy) is 2. The summed E-state index contributed by atoms with van der Waals surface area (Å²) in [6.45, 7) is 1.40. The number of hydrogen-bond acceptors (Lipinski definition) is 5. The molecule has 0 spiro atoms. The van der Waals surface area contributed by atoms with Crippen LogP contribution in [0.3, 0.4) is 0 Å². The maximum Gasteiger partial charge on any atom is 0.264 e.